The summed E-state index contributed by atoms with van der Waals surface area (Å²) in [5.74, 6) is -0.531. The van der Waals surface area contributed by atoms with E-state index in [2.05, 4.69) is 22.2 Å². The van der Waals surface area contributed by atoms with Crippen LogP contribution in [0.25, 0.3) is 0 Å². The average molecular weight is 387 g/mol. The molecule has 0 bridgehead atoms. The third-order valence-corrected chi connectivity index (χ3v) is 5.11. The van der Waals surface area contributed by atoms with E-state index >= 15 is 0 Å². The molecule has 0 spiro atoms. The maximum Gasteiger partial charge on any atom is 0.416 e. The molecule has 0 saturated carbocycles. The number of nitrogens with one attached hydrogen (secondary N) is 1. The monoisotopic (exact) mass is 387 g/mol. The minimum absolute atomic E-state index is 0.109. The van der Waals surface area contributed by atoms with Crippen LogP contribution in [0.15, 0.2) is 24.3 Å². The Labute approximate surface area is 155 Å². The Morgan fingerprint density at radius 1 is 1.22 bits per heavy atom. The van der Waals surface area contributed by atoms with E-state index in [4.69, 9.17) is 4.74 Å². The van der Waals surface area contributed by atoms with Crippen LogP contribution < -0.4 is 5.32 Å². The van der Waals surface area contributed by atoms with Crippen molar-refractivity contribution in [3.05, 3.63) is 35.4 Å². The van der Waals surface area contributed by atoms with E-state index in [9.17, 15) is 23.1 Å². The van der Waals surface area contributed by atoms with Gasteiger partial charge in [0.1, 0.15) is 6.10 Å². The number of halogens is 3. The number of hydrogen-bond donors (Lipinski definition) is 2. The predicted octanol–water partition coefficient (Wildman–Crippen LogP) is 0.811. The average Bonchev–Trinajstić information content (AvgIpc) is 2.96. The zero-order chi connectivity index (χ0) is 19.6. The first-order valence-electron chi connectivity index (χ1n) is 8.93. The zero-order valence-electron chi connectivity index (χ0n) is 15.1. The fourth-order valence-corrected chi connectivity index (χ4v) is 3.32. The molecule has 3 unspecified atom stereocenters. The van der Waals surface area contributed by atoms with Gasteiger partial charge in [0.25, 0.3) is 5.91 Å². The van der Waals surface area contributed by atoms with Crippen molar-refractivity contribution in [3.8, 4) is 0 Å². The van der Waals surface area contributed by atoms with Gasteiger partial charge in [-0.2, -0.15) is 13.2 Å². The Morgan fingerprint density at radius 2 is 1.85 bits per heavy atom. The molecule has 3 rings (SSSR count). The van der Waals surface area contributed by atoms with Gasteiger partial charge in [-0.05, 0) is 31.3 Å². The summed E-state index contributed by atoms with van der Waals surface area (Å²) in [6.07, 6.45) is -5.70. The van der Waals surface area contributed by atoms with Crippen molar-refractivity contribution in [1.82, 2.24) is 15.1 Å². The number of likely N-dealkylation sites (N-methyl/N-ethyl adjacent to an activating group) is 1. The van der Waals surface area contributed by atoms with Crippen molar-refractivity contribution >= 4 is 5.91 Å². The van der Waals surface area contributed by atoms with Gasteiger partial charge < -0.3 is 20.1 Å². The van der Waals surface area contributed by atoms with Gasteiger partial charge in [-0.25, -0.2) is 0 Å². The highest BCUT2D eigenvalue weighted by Crippen LogP contribution is 2.29. The van der Waals surface area contributed by atoms with Crippen molar-refractivity contribution in [2.45, 2.75) is 24.4 Å². The van der Waals surface area contributed by atoms with Gasteiger partial charge in [0.05, 0.1) is 24.3 Å². The van der Waals surface area contributed by atoms with E-state index in [1.54, 1.807) is 0 Å². The molecule has 0 radical (unpaired) electrons. The number of ether oxygens (including phenoxy) is 1. The number of benzene rings is 1. The number of aliphatic hydroxyl groups excluding tert-OH is 1. The van der Waals surface area contributed by atoms with Crippen molar-refractivity contribution in [3.63, 3.8) is 0 Å². The summed E-state index contributed by atoms with van der Waals surface area (Å²) in [6, 6.07) is 3.40. The molecule has 2 heterocycles. The topological polar surface area (TPSA) is 65.0 Å². The summed E-state index contributed by atoms with van der Waals surface area (Å²) >= 11 is 0. The van der Waals surface area contributed by atoms with Crippen LogP contribution in [0.1, 0.15) is 15.9 Å². The molecule has 2 saturated heterocycles. The maximum atomic E-state index is 12.6. The second-order valence-electron chi connectivity index (χ2n) is 7.12. The molecule has 1 aromatic carbocycles. The number of piperazine rings is 1. The number of aliphatic hydroxyl groups is 1. The molecule has 1 amide bonds. The third kappa shape index (κ3) is 4.98. The lowest BCUT2D eigenvalue weighted by Crippen LogP contribution is -2.50. The van der Waals surface area contributed by atoms with E-state index in [1.165, 1.54) is 0 Å². The van der Waals surface area contributed by atoms with Gasteiger partial charge in [-0.15, -0.1) is 0 Å². The molecule has 2 fully saturated rings. The van der Waals surface area contributed by atoms with Gasteiger partial charge in [-0.3, -0.25) is 9.69 Å². The Kier molecular flexibility index (Phi) is 6.05. The number of rotatable bonds is 4. The number of carbonyl (C=O) groups excluding carboxylic acids is 1. The lowest BCUT2D eigenvalue weighted by molar-refractivity contribution is -0.137. The van der Waals surface area contributed by atoms with E-state index in [0.29, 0.717) is 6.54 Å². The molecular weight excluding hydrogens is 363 g/mol. The molecule has 1 aromatic rings. The van der Waals surface area contributed by atoms with Crippen molar-refractivity contribution in [2.24, 2.45) is 0 Å². The molecule has 2 N–H and O–H groups in total. The highest BCUT2D eigenvalue weighted by molar-refractivity contribution is 5.94. The van der Waals surface area contributed by atoms with Crippen molar-refractivity contribution < 1.29 is 27.8 Å². The van der Waals surface area contributed by atoms with Gasteiger partial charge in [-0.1, -0.05) is 0 Å². The van der Waals surface area contributed by atoms with Crippen LogP contribution in [0.2, 0.25) is 0 Å². The molecule has 2 aliphatic heterocycles. The maximum absolute atomic E-state index is 12.6. The molecule has 0 aliphatic carbocycles. The Morgan fingerprint density at radius 3 is 2.44 bits per heavy atom. The molecular formula is C18H24F3N3O3. The Bertz CT molecular complexity index is 645. The second-order valence-corrected chi connectivity index (χ2v) is 7.12. The summed E-state index contributed by atoms with van der Waals surface area (Å²) in [5.41, 5.74) is -0.701. The molecule has 6 nitrogen and oxygen atoms in total. The summed E-state index contributed by atoms with van der Waals surface area (Å²) in [7, 11) is 2.06. The lowest BCUT2D eigenvalue weighted by Gasteiger charge is -2.34. The second kappa shape index (κ2) is 8.14. The molecule has 3 atom stereocenters. The normalized spacial score (nSPS) is 27.7. The molecule has 150 valence electrons. The van der Waals surface area contributed by atoms with E-state index in [-0.39, 0.29) is 12.2 Å². The van der Waals surface area contributed by atoms with Crippen LogP contribution in [0.3, 0.4) is 0 Å². The van der Waals surface area contributed by atoms with E-state index in [0.717, 1.165) is 50.4 Å². The van der Waals surface area contributed by atoms with Crippen LogP contribution in [0.4, 0.5) is 13.2 Å². The van der Waals surface area contributed by atoms with Crippen LogP contribution in [-0.4, -0.2) is 85.4 Å². The summed E-state index contributed by atoms with van der Waals surface area (Å²) in [5, 5.41) is 13.1. The highest BCUT2D eigenvalue weighted by atomic mass is 19.4. The van der Waals surface area contributed by atoms with Gasteiger partial charge in [0.2, 0.25) is 0 Å². The fourth-order valence-electron chi connectivity index (χ4n) is 3.32. The molecule has 27 heavy (non-hydrogen) atoms. The number of amides is 1. The first kappa shape index (κ1) is 20.1. The van der Waals surface area contributed by atoms with E-state index < -0.39 is 35.9 Å². The van der Waals surface area contributed by atoms with Gasteiger partial charge in [0.15, 0.2) is 0 Å². The first-order chi connectivity index (χ1) is 12.7. The summed E-state index contributed by atoms with van der Waals surface area (Å²) in [6.45, 7) is 4.46. The number of nitrogens with zero attached hydrogens (tertiary/aromatic N) is 2. The number of carbonyl (C=O) groups is 1. The smallest absolute Gasteiger partial charge is 0.388 e. The summed E-state index contributed by atoms with van der Waals surface area (Å²) in [4.78, 5) is 16.7. The minimum atomic E-state index is -4.44. The largest absolute Gasteiger partial charge is 0.416 e. The highest BCUT2D eigenvalue weighted by Gasteiger charge is 2.38. The van der Waals surface area contributed by atoms with Crippen LogP contribution in [0.5, 0.6) is 0 Å². The summed E-state index contributed by atoms with van der Waals surface area (Å²) < 4.78 is 43.4. The molecule has 0 aromatic heterocycles. The molecule has 9 heteroatoms. The predicted molar refractivity (Wildman–Crippen MR) is 92.4 cm³/mol. The third-order valence-electron chi connectivity index (χ3n) is 5.11. The number of alkyl halides is 3. The van der Waals surface area contributed by atoms with Crippen molar-refractivity contribution in [2.75, 3.05) is 46.4 Å². The van der Waals surface area contributed by atoms with Crippen LogP contribution >= 0.6 is 0 Å². The van der Waals surface area contributed by atoms with Gasteiger partial charge >= 0.3 is 6.18 Å². The Balaban J connectivity index is 1.52. The zero-order valence-corrected chi connectivity index (χ0v) is 15.1. The van der Waals surface area contributed by atoms with Crippen molar-refractivity contribution in [1.29, 1.82) is 0 Å². The Hall–Kier alpha value is -1.68. The molecule has 2 aliphatic rings. The van der Waals surface area contributed by atoms with Crippen LogP contribution in [0, 0.1) is 0 Å². The first-order valence-corrected chi connectivity index (χ1v) is 8.93. The lowest BCUT2D eigenvalue weighted by atomic mass is 10.1. The van der Waals surface area contributed by atoms with Crippen LogP contribution in [-0.2, 0) is 10.9 Å². The quantitative estimate of drug-likeness (QED) is 0.801. The standard InChI is InChI=1S/C18H24F3N3O3/c1-23-6-8-24(9-7-23)10-15-16(25)14(11-27-15)22-17(26)12-2-4-13(5-3-12)18(19,20)21/h2-5,14-16,25H,6-11H2,1H3,(H,22,26). The minimum Gasteiger partial charge on any atom is -0.388 e. The van der Waals surface area contributed by atoms with Gasteiger partial charge in [0, 0.05) is 38.3 Å². The number of hydrogen-bond acceptors (Lipinski definition) is 5. The van der Waals surface area contributed by atoms with E-state index in [1.807, 2.05) is 0 Å². The SMILES string of the molecule is CN1CCN(CC2OCC(NC(=O)c3ccc(C(F)(F)F)cc3)C2O)CC1. The fraction of sp³-hybridized carbons (Fsp3) is 0.611.